The van der Waals surface area contributed by atoms with Gasteiger partial charge in [0.25, 0.3) is 0 Å². The van der Waals surface area contributed by atoms with Crippen LogP contribution in [0.3, 0.4) is 0 Å². The van der Waals surface area contributed by atoms with Gasteiger partial charge in [-0.25, -0.2) is 4.98 Å². The maximum Gasteiger partial charge on any atom is 0.109 e. The molecule has 0 aromatic carbocycles. The van der Waals surface area contributed by atoms with Crippen molar-refractivity contribution in [3.05, 3.63) is 16.6 Å². The second-order valence-electron chi connectivity index (χ2n) is 5.46. The van der Waals surface area contributed by atoms with E-state index in [0.717, 1.165) is 18.3 Å². The average molecular weight is 252 g/mol. The van der Waals surface area contributed by atoms with Gasteiger partial charge in [-0.1, -0.05) is 20.8 Å². The highest BCUT2D eigenvalue weighted by Crippen LogP contribution is 2.31. The topological polar surface area (TPSA) is 24.9 Å². The highest BCUT2D eigenvalue weighted by molar-refractivity contribution is 7.09. The van der Waals surface area contributed by atoms with Gasteiger partial charge in [0.2, 0.25) is 0 Å². The van der Waals surface area contributed by atoms with Crippen molar-refractivity contribution in [2.75, 3.05) is 0 Å². The lowest BCUT2D eigenvalue weighted by Gasteiger charge is -2.34. The molecule has 1 aliphatic carbocycles. The highest BCUT2D eigenvalue weighted by atomic mass is 32.1. The average Bonchev–Trinajstić information content (AvgIpc) is 2.84. The van der Waals surface area contributed by atoms with Crippen LogP contribution >= 0.6 is 11.3 Å². The summed E-state index contributed by atoms with van der Waals surface area (Å²) in [6.45, 7) is 7.02. The van der Waals surface area contributed by atoms with Crippen LogP contribution in [0.25, 0.3) is 0 Å². The first-order chi connectivity index (χ1) is 8.20. The predicted molar refractivity (Wildman–Crippen MR) is 74.2 cm³/mol. The first kappa shape index (κ1) is 13.0. The van der Waals surface area contributed by atoms with Crippen molar-refractivity contribution in [2.45, 2.75) is 58.5 Å². The normalized spacial score (nSPS) is 31.4. The lowest BCUT2D eigenvalue weighted by Crippen LogP contribution is -2.38. The molecule has 0 saturated heterocycles. The van der Waals surface area contributed by atoms with Crippen LogP contribution in [-0.2, 0) is 0 Å². The summed E-state index contributed by atoms with van der Waals surface area (Å²) in [5, 5.41) is 7.13. The van der Waals surface area contributed by atoms with Crippen LogP contribution < -0.4 is 5.32 Å². The Balaban J connectivity index is 1.91. The van der Waals surface area contributed by atoms with E-state index in [9.17, 15) is 0 Å². The quantitative estimate of drug-likeness (QED) is 0.876. The summed E-state index contributed by atoms with van der Waals surface area (Å²) >= 11 is 1.77. The van der Waals surface area contributed by atoms with Gasteiger partial charge < -0.3 is 5.32 Å². The van der Waals surface area contributed by atoms with Crippen LogP contribution in [0.2, 0.25) is 0 Å². The van der Waals surface area contributed by atoms with Crippen molar-refractivity contribution in [1.29, 1.82) is 0 Å². The number of hydrogen-bond donors (Lipinski definition) is 1. The molecule has 1 aromatic heterocycles. The molecular weight excluding hydrogens is 228 g/mol. The number of thiazole rings is 1. The Hall–Kier alpha value is -0.410. The maximum absolute atomic E-state index is 4.44. The van der Waals surface area contributed by atoms with Gasteiger partial charge in [-0.05, 0) is 37.5 Å². The Bertz CT molecular complexity index is 323. The van der Waals surface area contributed by atoms with Crippen molar-refractivity contribution in [3.63, 3.8) is 0 Å². The Morgan fingerprint density at radius 1 is 1.41 bits per heavy atom. The van der Waals surface area contributed by atoms with E-state index < -0.39 is 0 Å². The van der Waals surface area contributed by atoms with Gasteiger partial charge >= 0.3 is 0 Å². The summed E-state index contributed by atoms with van der Waals surface area (Å²) in [6.07, 6.45) is 7.06. The number of nitrogens with zero attached hydrogens (tertiary/aromatic N) is 1. The molecule has 1 aliphatic rings. The number of aromatic nitrogens is 1. The van der Waals surface area contributed by atoms with Crippen LogP contribution in [-0.4, -0.2) is 11.0 Å². The Kier molecular flexibility index (Phi) is 4.57. The minimum absolute atomic E-state index is 0.459. The molecule has 2 rings (SSSR count). The van der Waals surface area contributed by atoms with Crippen LogP contribution in [0.4, 0.5) is 0 Å². The van der Waals surface area contributed by atoms with Gasteiger partial charge in [0, 0.05) is 17.6 Å². The molecule has 17 heavy (non-hydrogen) atoms. The zero-order chi connectivity index (χ0) is 12.3. The lowest BCUT2D eigenvalue weighted by atomic mass is 9.79. The number of hydrogen-bond acceptors (Lipinski definition) is 3. The van der Waals surface area contributed by atoms with Gasteiger partial charge in [-0.15, -0.1) is 11.3 Å². The monoisotopic (exact) mass is 252 g/mol. The Labute approximate surface area is 109 Å². The smallest absolute Gasteiger partial charge is 0.109 e. The van der Waals surface area contributed by atoms with Crippen LogP contribution in [0.5, 0.6) is 0 Å². The third kappa shape index (κ3) is 3.29. The summed E-state index contributed by atoms with van der Waals surface area (Å²) in [6, 6.07) is 1.15. The standard InChI is InChI=1S/C14H24N2S/c1-4-13(14-15-7-8-17-14)16-12-6-5-10(2)11(3)9-12/h7-8,10-13,16H,4-6,9H2,1-3H3. The molecule has 2 nitrogen and oxygen atoms in total. The molecule has 96 valence electrons. The second-order valence-corrected chi connectivity index (χ2v) is 6.39. The van der Waals surface area contributed by atoms with Crippen LogP contribution in [0.1, 0.15) is 57.5 Å². The fraction of sp³-hybridized carbons (Fsp3) is 0.786. The fourth-order valence-corrected chi connectivity index (χ4v) is 3.54. The van der Waals surface area contributed by atoms with Crippen molar-refractivity contribution in [1.82, 2.24) is 10.3 Å². The minimum Gasteiger partial charge on any atom is -0.305 e. The van der Waals surface area contributed by atoms with Crippen molar-refractivity contribution >= 4 is 11.3 Å². The molecule has 0 radical (unpaired) electrons. The Morgan fingerprint density at radius 2 is 2.24 bits per heavy atom. The molecule has 1 heterocycles. The van der Waals surface area contributed by atoms with E-state index >= 15 is 0 Å². The van der Waals surface area contributed by atoms with Gasteiger partial charge in [0.15, 0.2) is 0 Å². The van der Waals surface area contributed by atoms with Crippen LogP contribution in [0.15, 0.2) is 11.6 Å². The molecule has 0 spiro atoms. The van der Waals surface area contributed by atoms with Gasteiger partial charge in [-0.3, -0.25) is 0 Å². The van der Waals surface area contributed by atoms with E-state index in [4.69, 9.17) is 0 Å². The molecule has 1 N–H and O–H groups in total. The molecule has 1 saturated carbocycles. The number of rotatable bonds is 4. The molecule has 0 bridgehead atoms. The zero-order valence-corrected chi connectivity index (χ0v) is 12.0. The van der Waals surface area contributed by atoms with E-state index in [1.165, 1.54) is 24.3 Å². The third-order valence-corrected chi connectivity index (χ3v) is 5.08. The molecule has 1 fully saturated rings. The summed E-state index contributed by atoms with van der Waals surface area (Å²) in [5.74, 6) is 1.75. The third-order valence-electron chi connectivity index (χ3n) is 4.19. The molecule has 4 atom stereocenters. The van der Waals surface area contributed by atoms with Crippen LogP contribution in [0, 0.1) is 11.8 Å². The minimum atomic E-state index is 0.459. The molecular formula is C14H24N2S. The van der Waals surface area contributed by atoms with E-state index in [0.29, 0.717) is 12.1 Å². The summed E-state index contributed by atoms with van der Waals surface area (Å²) in [4.78, 5) is 4.44. The Morgan fingerprint density at radius 3 is 2.82 bits per heavy atom. The fourth-order valence-electron chi connectivity index (χ4n) is 2.75. The molecule has 3 heteroatoms. The van der Waals surface area contributed by atoms with Gasteiger partial charge in [0.1, 0.15) is 5.01 Å². The first-order valence-corrected chi connectivity index (χ1v) is 7.74. The molecule has 0 amide bonds. The molecule has 4 unspecified atom stereocenters. The van der Waals surface area contributed by atoms with E-state index in [-0.39, 0.29) is 0 Å². The lowest BCUT2D eigenvalue weighted by molar-refractivity contribution is 0.214. The van der Waals surface area contributed by atoms with Crippen molar-refractivity contribution in [3.8, 4) is 0 Å². The number of nitrogens with one attached hydrogen (secondary N) is 1. The highest BCUT2D eigenvalue weighted by Gasteiger charge is 2.26. The predicted octanol–water partition coefficient (Wildman–Crippen LogP) is 4.01. The molecule has 1 aromatic rings. The van der Waals surface area contributed by atoms with E-state index in [1.54, 1.807) is 11.3 Å². The first-order valence-electron chi connectivity index (χ1n) is 6.86. The summed E-state index contributed by atoms with van der Waals surface area (Å²) in [5.41, 5.74) is 0. The summed E-state index contributed by atoms with van der Waals surface area (Å²) in [7, 11) is 0. The van der Waals surface area contributed by atoms with Gasteiger partial charge in [-0.2, -0.15) is 0 Å². The van der Waals surface area contributed by atoms with Crippen molar-refractivity contribution in [2.24, 2.45) is 11.8 Å². The SMILES string of the molecule is CCC(NC1CCC(C)C(C)C1)c1nccs1. The maximum atomic E-state index is 4.44. The van der Waals surface area contributed by atoms with Crippen molar-refractivity contribution < 1.29 is 0 Å². The largest absolute Gasteiger partial charge is 0.305 e. The van der Waals surface area contributed by atoms with Gasteiger partial charge in [0.05, 0.1) is 6.04 Å². The second kappa shape index (κ2) is 5.96. The van der Waals surface area contributed by atoms with E-state index in [1.807, 2.05) is 6.20 Å². The molecule has 0 aliphatic heterocycles. The van der Waals surface area contributed by atoms with E-state index in [2.05, 4.69) is 36.5 Å². The summed E-state index contributed by atoms with van der Waals surface area (Å²) < 4.78 is 0. The zero-order valence-electron chi connectivity index (χ0n) is 11.1.